The van der Waals surface area contributed by atoms with Crippen molar-refractivity contribution in [3.05, 3.63) is 131 Å². The lowest BCUT2D eigenvalue weighted by Crippen LogP contribution is -2.66. The predicted molar refractivity (Wildman–Crippen MR) is 237 cm³/mol. The average Bonchev–Trinajstić information content (AvgIpc) is 3.23. The molecule has 1 spiro atoms. The molecular formula is C48H45F2N3O10S2. The number of sulfonamides is 2. The lowest BCUT2D eigenvalue weighted by atomic mass is 9.80. The minimum Gasteiger partial charge on any atom is -0.456 e. The van der Waals surface area contributed by atoms with Gasteiger partial charge in [0, 0.05) is 55.5 Å². The Balaban J connectivity index is 0.908. The monoisotopic (exact) mass is 925 g/mol. The first-order valence-electron chi connectivity index (χ1n) is 21.0. The smallest absolute Gasteiger partial charge is 0.317 e. The third-order valence-corrected chi connectivity index (χ3v) is 16.1. The first kappa shape index (κ1) is 44.4. The van der Waals surface area contributed by atoms with Crippen LogP contribution in [0.3, 0.4) is 0 Å². The van der Waals surface area contributed by atoms with Crippen LogP contribution in [0, 0.1) is 30.9 Å². The maximum atomic E-state index is 14.6. The molecule has 17 heteroatoms. The SMILES string of the molecule is Cc1c(CC(=O)OC(=O)Cc2cc3ccc(F)cc3c(Oc3ccc(S(=O)(=O)N4CC5(COC5)C4)cc3)c2C)cc2ccc(F)cc2c1Oc1ccc(S(=O)(=O)N2CCN(C)CC2)cc1. The number of benzene rings is 6. The molecule has 0 aromatic heterocycles. The van der Waals surface area contributed by atoms with E-state index in [2.05, 4.69) is 4.90 Å². The highest BCUT2D eigenvalue weighted by molar-refractivity contribution is 7.89. The summed E-state index contributed by atoms with van der Waals surface area (Å²) in [6.45, 7) is 7.28. The molecule has 0 N–H and O–H groups in total. The molecular weight excluding hydrogens is 881 g/mol. The minimum atomic E-state index is -3.73. The Labute approximate surface area is 375 Å². The fourth-order valence-electron chi connectivity index (χ4n) is 8.50. The van der Waals surface area contributed by atoms with Crippen molar-refractivity contribution in [3.63, 3.8) is 0 Å². The molecule has 3 saturated heterocycles. The first-order chi connectivity index (χ1) is 31.0. The summed E-state index contributed by atoms with van der Waals surface area (Å²) in [5, 5.41) is 1.93. The molecule has 0 radical (unpaired) electrons. The van der Waals surface area contributed by atoms with Gasteiger partial charge in [-0.25, -0.2) is 25.6 Å². The summed E-state index contributed by atoms with van der Waals surface area (Å²) in [5.41, 5.74) is 1.76. The molecule has 0 aliphatic carbocycles. The van der Waals surface area contributed by atoms with E-state index >= 15 is 0 Å². The topological polar surface area (TPSA) is 149 Å². The summed E-state index contributed by atoms with van der Waals surface area (Å²) in [4.78, 5) is 29.1. The van der Waals surface area contributed by atoms with E-state index in [-0.39, 0.29) is 51.0 Å². The van der Waals surface area contributed by atoms with E-state index in [0.29, 0.717) is 96.3 Å². The Kier molecular flexibility index (Phi) is 11.7. The van der Waals surface area contributed by atoms with Crippen molar-refractivity contribution < 1.29 is 54.2 Å². The minimum absolute atomic E-state index is 0.0921. The van der Waals surface area contributed by atoms with E-state index in [1.54, 1.807) is 38.1 Å². The summed E-state index contributed by atoms with van der Waals surface area (Å²) < 4.78 is 108. The van der Waals surface area contributed by atoms with Gasteiger partial charge in [0.25, 0.3) is 0 Å². The van der Waals surface area contributed by atoms with Crippen LogP contribution in [0.1, 0.15) is 22.3 Å². The maximum Gasteiger partial charge on any atom is 0.317 e. The van der Waals surface area contributed by atoms with E-state index in [0.717, 1.165) is 0 Å². The number of esters is 2. The van der Waals surface area contributed by atoms with Crippen LogP contribution in [-0.2, 0) is 52.0 Å². The number of halogens is 2. The molecule has 3 fully saturated rings. The summed E-state index contributed by atoms with van der Waals surface area (Å²) in [6, 6.07) is 23.5. The van der Waals surface area contributed by atoms with Crippen LogP contribution >= 0.6 is 0 Å². The van der Waals surface area contributed by atoms with E-state index in [4.69, 9.17) is 18.9 Å². The number of rotatable bonds is 12. The van der Waals surface area contributed by atoms with Gasteiger partial charge in [-0.2, -0.15) is 8.61 Å². The van der Waals surface area contributed by atoms with Crippen molar-refractivity contribution in [3.8, 4) is 23.0 Å². The zero-order valence-electron chi connectivity index (χ0n) is 35.8. The second kappa shape index (κ2) is 17.2. The number of carbonyl (C=O) groups excluding carboxylic acids is 2. The molecule has 3 heterocycles. The number of likely N-dealkylation sites (N-methyl/N-ethyl adjacent to an activating group) is 1. The van der Waals surface area contributed by atoms with E-state index in [1.165, 1.54) is 81.4 Å². The number of ether oxygens (including phenoxy) is 4. The highest BCUT2D eigenvalue weighted by atomic mass is 32.2. The Morgan fingerprint density at radius 1 is 0.615 bits per heavy atom. The van der Waals surface area contributed by atoms with Crippen LogP contribution in [-0.4, -0.2) is 102 Å². The highest BCUT2D eigenvalue weighted by Crippen LogP contribution is 2.42. The van der Waals surface area contributed by atoms with E-state index < -0.39 is 43.6 Å². The van der Waals surface area contributed by atoms with Crippen molar-refractivity contribution in [2.75, 3.05) is 59.5 Å². The van der Waals surface area contributed by atoms with Crippen LogP contribution in [0.25, 0.3) is 21.5 Å². The van der Waals surface area contributed by atoms with E-state index in [1.807, 2.05) is 7.05 Å². The molecule has 3 aliphatic rings. The largest absolute Gasteiger partial charge is 0.456 e. The Bertz CT molecular complexity index is 3090. The molecule has 6 aromatic carbocycles. The second-order valence-electron chi connectivity index (χ2n) is 17.0. The third-order valence-electron chi connectivity index (χ3n) is 12.4. The number of nitrogens with zero attached hydrogens (tertiary/aromatic N) is 3. The van der Waals surface area contributed by atoms with E-state index in [9.17, 15) is 35.2 Å². The fraction of sp³-hybridized carbons (Fsp3) is 0.292. The summed E-state index contributed by atoms with van der Waals surface area (Å²) in [6.07, 6.45) is -0.682. The molecule has 6 aromatic rings. The molecule has 3 aliphatic heterocycles. The predicted octanol–water partition coefficient (Wildman–Crippen LogP) is 7.28. The standard InChI is InChI=1S/C48H45F2N3O10S2/c1-30-34(20-32-4-6-36(49)24-42(32)46(30)61-38-8-12-40(13-9-38)64(56,57)52-18-16-51(3)17-19-52)22-44(54)63-45(55)23-35-21-33-5-7-37(50)25-43(33)47(31(35)2)62-39-10-14-41(15-11-39)65(58,59)53-26-48(27-53)28-60-29-48/h4-15,20-21,24-25H,16-19,22-23,26-29H2,1-3H3. The average molecular weight is 926 g/mol. The van der Waals surface area contributed by atoms with Crippen molar-refractivity contribution >= 4 is 53.5 Å². The van der Waals surface area contributed by atoms with Gasteiger partial charge in [-0.05, 0) is 127 Å². The van der Waals surface area contributed by atoms with Gasteiger partial charge in [-0.3, -0.25) is 9.59 Å². The van der Waals surface area contributed by atoms with Crippen LogP contribution in [0.2, 0.25) is 0 Å². The van der Waals surface area contributed by atoms with Crippen molar-refractivity contribution in [2.24, 2.45) is 5.41 Å². The van der Waals surface area contributed by atoms with Crippen LogP contribution in [0.5, 0.6) is 23.0 Å². The number of carbonyl (C=O) groups is 2. The van der Waals surface area contributed by atoms with Crippen LogP contribution in [0.15, 0.2) is 107 Å². The Morgan fingerprint density at radius 3 is 1.46 bits per heavy atom. The zero-order valence-corrected chi connectivity index (χ0v) is 37.4. The third kappa shape index (κ3) is 8.83. The molecule has 9 rings (SSSR count). The van der Waals surface area contributed by atoms with Gasteiger partial charge in [-0.15, -0.1) is 0 Å². The molecule has 65 heavy (non-hydrogen) atoms. The number of hydrogen-bond donors (Lipinski definition) is 0. The van der Waals surface area contributed by atoms with Gasteiger partial charge < -0.3 is 23.8 Å². The lowest BCUT2D eigenvalue weighted by molar-refractivity contribution is -0.166. The lowest BCUT2D eigenvalue weighted by Gasteiger charge is -2.53. The summed E-state index contributed by atoms with van der Waals surface area (Å²) in [7, 11) is -5.51. The highest BCUT2D eigenvalue weighted by Gasteiger charge is 2.53. The maximum absolute atomic E-state index is 14.6. The molecule has 338 valence electrons. The number of fused-ring (bicyclic) bond motifs is 2. The summed E-state index contributed by atoms with van der Waals surface area (Å²) >= 11 is 0. The van der Waals surface area contributed by atoms with Crippen molar-refractivity contribution in [2.45, 2.75) is 36.5 Å². The van der Waals surface area contributed by atoms with Gasteiger partial charge >= 0.3 is 11.9 Å². The zero-order chi connectivity index (χ0) is 45.8. The quantitative estimate of drug-likeness (QED) is 0.0901. The first-order valence-corrected chi connectivity index (χ1v) is 23.9. The molecule has 0 amide bonds. The van der Waals surface area contributed by atoms with Crippen LogP contribution in [0.4, 0.5) is 8.78 Å². The Hall–Kier alpha value is -5.82. The second-order valence-corrected chi connectivity index (χ2v) is 20.9. The van der Waals surface area contributed by atoms with Crippen molar-refractivity contribution in [1.29, 1.82) is 0 Å². The van der Waals surface area contributed by atoms with Gasteiger partial charge in [-0.1, -0.05) is 24.3 Å². The molecule has 0 unspecified atom stereocenters. The van der Waals surface area contributed by atoms with Crippen molar-refractivity contribution in [1.82, 2.24) is 13.5 Å². The normalized spacial score (nSPS) is 16.9. The molecule has 0 bridgehead atoms. The molecule has 0 saturated carbocycles. The van der Waals surface area contributed by atoms with Gasteiger partial charge in [0.1, 0.15) is 34.6 Å². The molecule has 0 atom stereocenters. The van der Waals surface area contributed by atoms with Gasteiger partial charge in [0.05, 0.1) is 35.8 Å². The fourth-order valence-corrected chi connectivity index (χ4v) is 11.6. The van der Waals surface area contributed by atoms with Gasteiger partial charge in [0.15, 0.2) is 0 Å². The number of hydrogen-bond acceptors (Lipinski definition) is 11. The van der Waals surface area contributed by atoms with Crippen LogP contribution < -0.4 is 9.47 Å². The van der Waals surface area contributed by atoms with Gasteiger partial charge in [0.2, 0.25) is 20.0 Å². The number of piperazine rings is 1. The Morgan fingerprint density at radius 2 is 1.05 bits per heavy atom. The summed E-state index contributed by atoms with van der Waals surface area (Å²) in [5.74, 6) is -1.70. The molecule has 13 nitrogen and oxygen atoms in total.